The molecule has 24 heavy (non-hydrogen) atoms. The summed E-state index contributed by atoms with van der Waals surface area (Å²) in [7, 11) is 0. The standard InChI is InChI=1S/C17H31N5O.HI/c1-5-18-17(19-11-12-23-8-4)21-14-15-9-10-16(20-13-15)22(6-2)7-3;/h9-10,13H,5-8,11-12,14H2,1-4H3,(H2,18,19,21);1H. The number of rotatable bonds is 10. The molecular formula is C17H32IN5O. The third-order valence-electron chi connectivity index (χ3n) is 3.40. The van der Waals surface area contributed by atoms with Crippen molar-refractivity contribution in [1.29, 1.82) is 0 Å². The highest BCUT2D eigenvalue weighted by molar-refractivity contribution is 14.0. The summed E-state index contributed by atoms with van der Waals surface area (Å²) in [6, 6.07) is 4.15. The van der Waals surface area contributed by atoms with Crippen LogP contribution in [-0.2, 0) is 11.3 Å². The number of halogens is 1. The maximum Gasteiger partial charge on any atom is 0.191 e. The second-order valence-corrected chi connectivity index (χ2v) is 5.02. The molecule has 0 fully saturated rings. The number of hydrogen-bond acceptors (Lipinski definition) is 4. The number of aromatic nitrogens is 1. The second-order valence-electron chi connectivity index (χ2n) is 5.02. The van der Waals surface area contributed by atoms with Crippen molar-refractivity contribution < 1.29 is 4.74 Å². The van der Waals surface area contributed by atoms with Crippen LogP contribution in [0.2, 0.25) is 0 Å². The molecule has 0 radical (unpaired) electrons. The maximum atomic E-state index is 5.32. The lowest BCUT2D eigenvalue weighted by Crippen LogP contribution is -2.39. The highest BCUT2D eigenvalue weighted by Crippen LogP contribution is 2.11. The Morgan fingerprint density at radius 3 is 2.46 bits per heavy atom. The Labute approximate surface area is 163 Å². The van der Waals surface area contributed by atoms with Gasteiger partial charge in [0.25, 0.3) is 0 Å². The SMILES string of the molecule is CCNC(=NCc1ccc(N(CC)CC)nc1)NCCOCC.I. The Bertz CT molecular complexity index is 449. The van der Waals surface area contributed by atoms with Crippen LogP contribution in [0, 0.1) is 0 Å². The van der Waals surface area contributed by atoms with Gasteiger partial charge in [-0.25, -0.2) is 9.98 Å². The summed E-state index contributed by atoms with van der Waals surface area (Å²) < 4.78 is 5.32. The number of guanidine groups is 1. The van der Waals surface area contributed by atoms with Crippen LogP contribution in [0.25, 0.3) is 0 Å². The van der Waals surface area contributed by atoms with Crippen molar-refractivity contribution in [3.63, 3.8) is 0 Å². The number of hydrogen-bond donors (Lipinski definition) is 2. The molecule has 2 N–H and O–H groups in total. The van der Waals surface area contributed by atoms with Crippen LogP contribution in [0.15, 0.2) is 23.3 Å². The molecule has 7 heteroatoms. The summed E-state index contributed by atoms with van der Waals surface area (Å²) in [5, 5.41) is 6.49. The van der Waals surface area contributed by atoms with Crippen molar-refractivity contribution >= 4 is 35.8 Å². The summed E-state index contributed by atoms with van der Waals surface area (Å²) >= 11 is 0. The lowest BCUT2D eigenvalue weighted by Gasteiger charge is -2.19. The molecule has 1 heterocycles. The average molecular weight is 449 g/mol. The van der Waals surface area contributed by atoms with Gasteiger partial charge in [0.15, 0.2) is 5.96 Å². The largest absolute Gasteiger partial charge is 0.380 e. The molecular weight excluding hydrogens is 417 g/mol. The summed E-state index contributed by atoms with van der Waals surface area (Å²) in [4.78, 5) is 11.3. The number of nitrogens with zero attached hydrogens (tertiary/aromatic N) is 3. The van der Waals surface area contributed by atoms with E-state index in [1.54, 1.807) is 0 Å². The monoisotopic (exact) mass is 449 g/mol. The van der Waals surface area contributed by atoms with Gasteiger partial charge in [-0.05, 0) is 39.3 Å². The highest BCUT2D eigenvalue weighted by Gasteiger charge is 2.03. The summed E-state index contributed by atoms with van der Waals surface area (Å²) in [6.07, 6.45) is 1.90. The van der Waals surface area contributed by atoms with Crippen LogP contribution in [-0.4, -0.2) is 50.3 Å². The number of nitrogens with one attached hydrogen (secondary N) is 2. The van der Waals surface area contributed by atoms with E-state index in [9.17, 15) is 0 Å². The first-order valence-electron chi connectivity index (χ1n) is 8.54. The Morgan fingerprint density at radius 1 is 1.17 bits per heavy atom. The van der Waals surface area contributed by atoms with Crippen LogP contribution < -0.4 is 15.5 Å². The topological polar surface area (TPSA) is 61.8 Å². The van der Waals surface area contributed by atoms with Gasteiger partial charge in [-0.15, -0.1) is 24.0 Å². The fourth-order valence-corrected chi connectivity index (χ4v) is 2.14. The van der Waals surface area contributed by atoms with Gasteiger partial charge in [-0.2, -0.15) is 0 Å². The second kappa shape index (κ2) is 14.3. The predicted molar refractivity (Wildman–Crippen MR) is 113 cm³/mol. The first-order valence-corrected chi connectivity index (χ1v) is 8.54. The van der Waals surface area contributed by atoms with Crippen molar-refractivity contribution in [1.82, 2.24) is 15.6 Å². The van der Waals surface area contributed by atoms with E-state index < -0.39 is 0 Å². The van der Waals surface area contributed by atoms with E-state index in [0.717, 1.165) is 50.1 Å². The van der Waals surface area contributed by atoms with Crippen molar-refractivity contribution in [2.24, 2.45) is 4.99 Å². The summed E-state index contributed by atoms with van der Waals surface area (Å²) in [5.74, 6) is 1.82. The van der Waals surface area contributed by atoms with E-state index in [1.165, 1.54) is 0 Å². The molecule has 0 unspecified atom stereocenters. The lowest BCUT2D eigenvalue weighted by atomic mass is 10.3. The molecule has 6 nitrogen and oxygen atoms in total. The van der Waals surface area contributed by atoms with Gasteiger partial charge >= 0.3 is 0 Å². The first kappa shape index (κ1) is 22.9. The van der Waals surface area contributed by atoms with E-state index in [0.29, 0.717) is 13.2 Å². The molecule has 1 rings (SSSR count). The van der Waals surface area contributed by atoms with Crippen LogP contribution >= 0.6 is 24.0 Å². The van der Waals surface area contributed by atoms with E-state index in [2.05, 4.69) is 58.4 Å². The van der Waals surface area contributed by atoms with Crippen molar-refractivity contribution in [2.45, 2.75) is 34.2 Å². The third kappa shape index (κ3) is 8.68. The Hall–Kier alpha value is -1.09. The fraction of sp³-hybridized carbons (Fsp3) is 0.647. The fourth-order valence-electron chi connectivity index (χ4n) is 2.14. The van der Waals surface area contributed by atoms with Gasteiger partial charge in [-0.1, -0.05) is 6.07 Å². The molecule has 0 aliphatic carbocycles. The zero-order chi connectivity index (χ0) is 16.9. The Balaban J connectivity index is 0.00000529. The lowest BCUT2D eigenvalue weighted by molar-refractivity contribution is 0.152. The van der Waals surface area contributed by atoms with E-state index in [1.807, 2.05) is 13.1 Å². The number of anilines is 1. The van der Waals surface area contributed by atoms with Crippen molar-refractivity contribution in [3.8, 4) is 0 Å². The molecule has 0 saturated heterocycles. The van der Waals surface area contributed by atoms with E-state index in [4.69, 9.17) is 4.74 Å². The molecule has 0 atom stereocenters. The molecule has 1 aromatic rings. The molecule has 0 bridgehead atoms. The van der Waals surface area contributed by atoms with Gasteiger partial charge in [0.05, 0.1) is 13.2 Å². The number of pyridine rings is 1. The van der Waals surface area contributed by atoms with E-state index in [-0.39, 0.29) is 24.0 Å². The number of ether oxygens (including phenoxy) is 1. The molecule has 1 aromatic heterocycles. The Morgan fingerprint density at radius 2 is 1.92 bits per heavy atom. The van der Waals surface area contributed by atoms with Gasteiger partial charge in [0, 0.05) is 39.0 Å². The minimum atomic E-state index is 0. The molecule has 0 amide bonds. The zero-order valence-corrected chi connectivity index (χ0v) is 17.7. The minimum Gasteiger partial charge on any atom is -0.380 e. The van der Waals surface area contributed by atoms with Crippen LogP contribution in [0.1, 0.15) is 33.3 Å². The molecule has 138 valence electrons. The molecule has 0 spiro atoms. The first-order chi connectivity index (χ1) is 11.2. The van der Waals surface area contributed by atoms with Gasteiger partial charge in [-0.3, -0.25) is 0 Å². The predicted octanol–water partition coefficient (Wildman–Crippen LogP) is 2.64. The number of aliphatic imine (C=N–C) groups is 1. The van der Waals surface area contributed by atoms with Gasteiger partial charge in [0.1, 0.15) is 5.82 Å². The average Bonchev–Trinajstić information content (AvgIpc) is 2.58. The van der Waals surface area contributed by atoms with Crippen molar-refractivity contribution in [2.75, 3.05) is 44.3 Å². The van der Waals surface area contributed by atoms with Crippen LogP contribution in [0.5, 0.6) is 0 Å². The smallest absolute Gasteiger partial charge is 0.191 e. The molecule has 0 aliphatic heterocycles. The Kier molecular flexibility index (Phi) is 13.6. The van der Waals surface area contributed by atoms with E-state index >= 15 is 0 Å². The van der Waals surface area contributed by atoms with Crippen molar-refractivity contribution in [3.05, 3.63) is 23.9 Å². The van der Waals surface area contributed by atoms with Gasteiger partial charge < -0.3 is 20.3 Å². The quantitative estimate of drug-likeness (QED) is 0.249. The molecule has 0 aromatic carbocycles. The minimum absolute atomic E-state index is 0. The maximum absolute atomic E-state index is 5.32. The summed E-state index contributed by atoms with van der Waals surface area (Å²) in [5.41, 5.74) is 1.10. The zero-order valence-electron chi connectivity index (χ0n) is 15.3. The molecule has 0 aliphatic rings. The highest BCUT2D eigenvalue weighted by atomic mass is 127. The summed E-state index contributed by atoms with van der Waals surface area (Å²) in [6.45, 7) is 13.9. The molecule has 0 saturated carbocycles. The third-order valence-corrected chi connectivity index (χ3v) is 3.40. The normalized spacial score (nSPS) is 10.9. The van der Waals surface area contributed by atoms with Gasteiger partial charge in [0.2, 0.25) is 0 Å². The van der Waals surface area contributed by atoms with Crippen LogP contribution in [0.4, 0.5) is 5.82 Å². The van der Waals surface area contributed by atoms with Crippen LogP contribution in [0.3, 0.4) is 0 Å².